The van der Waals surface area contributed by atoms with Crippen molar-refractivity contribution in [3.05, 3.63) is 22.9 Å². The Balaban J connectivity index is 1.09. The summed E-state index contributed by atoms with van der Waals surface area (Å²) in [6.45, 7) is 7.68. The number of fused-ring (bicyclic) bond motifs is 2. The van der Waals surface area contributed by atoms with Gasteiger partial charge in [-0.05, 0) is 98.6 Å². The van der Waals surface area contributed by atoms with Gasteiger partial charge >= 0.3 is 6.09 Å². The molecule has 1 saturated carbocycles. The molecule has 42 heavy (non-hydrogen) atoms. The van der Waals surface area contributed by atoms with E-state index in [0.29, 0.717) is 72.4 Å². The molecule has 0 bridgehead atoms. The largest absolute Gasteiger partial charge is 0.465 e. The lowest BCUT2D eigenvalue weighted by Crippen LogP contribution is -2.60. The Morgan fingerprint density at radius 3 is 2.52 bits per heavy atom. The molecule has 224 valence electrons. The highest BCUT2D eigenvalue weighted by Crippen LogP contribution is 2.47. The Morgan fingerprint density at radius 2 is 1.88 bits per heavy atom. The minimum Gasteiger partial charge on any atom is -0.465 e. The van der Waals surface area contributed by atoms with Crippen LogP contribution in [-0.2, 0) is 11.3 Å². The number of halogens is 1. The first-order valence-corrected chi connectivity index (χ1v) is 15.7. The van der Waals surface area contributed by atoms with E-state index in [-0.39, 0.29) is 12.7 Å². The number of carbonyl (C=O) groups is 2. The van der Waals surface area contributed by atoms with Gasteiger partial charge in [0.15, 0.2) is 34.0 Å². The highest BCUT2D eigenvalue weighted by molar-refractivity contribution is 9.10. The number of carboxylic acid groups (broad SMARTS) is 1. The molecule has 14 heteroatoms. The molecule has 0 atom stereocenters. The molecular formula is C28H34BrN7O5S. The zero-order chi connectivity index (χ0) is 29.8. The van der Waals surface area contributed by atoms with Crippen molar-refractivity contribution in [1.29, 1.82) is 0 Å². The van der Waals surface area contributed by atoms with Crippen LogP contribution < -0.4 is 15.2 Å². The van der Waals surface area contributed by atoms with Gasteiger partial charge in [-0.3, -0.25) is 9.69 Å². The van der Waals surface area contributed by atoms with Crippen LogP contribution in [0, 0.1) is 5.92 Å². The van der Waals surface area contributed by atoms with Crippen LogP contribution >= 0.6 is 27.7 Å². The molecule has 0 unspecified atom stereocenters. The van der Waals surface area contributed by atoms with Gasteiger partial charge in [-0.15, -0.1) is 0 Å². The molecule has 12 nitrogen and oxygen atoms in total. The number of ether oxygens (including phenoxy) is 2. The number of carbonyl (C=O) groups excluding carboxylic acids is 1. The van der Waals surface area contributed by atoms with Gasteiger partial charge in [0.1, 0.15) is 5.54 Å². The van der Waals surface area contributed by atoms with E-state index < -0.39 is 17.2 Å². The van der Waals surface area contributed by atoms with Crippen LogP contribution in [0.4, 0.5) is 10.6 Å². The maximum absolute atomic E-state index is 13.5. The quantitative estimate of drug-likeness (QED) is 0.357. The van der Waals surface area contributed by atoms with E-state index in [4.69, 9.17) is 20.2 Å². The number of aryl methyl sites for hydroxylation is 1. The van der Waals surface area contributed by atoms with Crippen LogP contribution in [0.5, 0.6) is 11.5 Å². The molecule has 6 rings (SSSR count). The number of anilines is 1. The van der Waals surface area contributed by atoms with Crippen molar-refractivity contribution in [2.75, 3.05) is 25.6 Å². The summed E-state index contributed by atoms with van der Waals surface area (Å²) >= 11 is 5.00. The number of nitrogens with zero attached hydrogens (tertiary/aromatic N) is 6. The lowest BCUT2D eigenvalue weighted by atomic mass is 9.92. The molecule has 1 aliphatic carbocycles. The Bertz CT molecular complexity index is 1500. The average molecular weight is 661 g/mol. The Labute approximate surface area is 256 Å². The fourth-order valence-electron chi connectivity index (χ4n) is 6.02. The zero-order valence-electron chi connectivity index (χ0n) is 23.8. The van der Waals surface area contributed by atoms with Crippen molar-refractivity contribution >= 4 is 45.5 Å². The van der Waals surface area contributed by atoms with E-state index in [0.717, 1.165) is 28.6 Å². The third-order valence-electron chi connectivity index (χ3n) is 8.19. The fourth-order valence-corrected chi connectivity index (χ4v) is 7.38. The van der Waals surface area contributed by atoms with Crippen molar-refractivity contribution in [3.63, 3.8) is 0 Å². The van der Waals surface area contributed by atoms with E-state index in [1.165, 1.54) is 16.7 Å². The number of imidazole rings is 1. The summed E-state index contributed by atoms with van der Waals surface area (Å²) < 4.78 is 13.8. The lowest BCUT2D eigenvalue weighted by molar-refractivity contribution is -0.141. The van der Waals surface area contributed by atoms with Crippen molar-refractivity contribution < 1.29 is 24.2 Å². The number of rotatable bonds is 7. The van der Waals surface area contributed by atoms with Crippen LogP contribution in [0.1, 0.15) is 52.9 Å². The normalized spacial score (nSPS) is 18.0. The van der Waals surface area contributed by atoms with Gasteiger partial charge in [0.25, 0.3) is 0 Å². The summed E-state index contributed by atoms with van der Waals surface area (Å²) in [4.78, 5) is 43.5. The molecule has 0 spiro atoms. The molecule has 5 aliphatic rings. The topological polar surface area (TPSA) is 149 Å². The SMILES string of the molecule is CC(C)(C)N(C(=O)O)C1(C(=O)N2CCC(CCn3cnc(N)c4nc(Sc5cc6c(cc5Br)OCO6)nc3-4)CC2)CC1. The number of benzene rings is 1. The summed E-state index contributed by atoms with van der Waals surface area (Å²) in [5.41, 5.74) is 5.16. The van der Waals surface area contributed by atoms with Crippen molar-refractivity contribution in [3.8, 4) is 23.0 Å². The molecule has 0 radical (unpaired) electrons. The molecule has 2 amide bonds. The van der Waals surface area contributed by atoms with Crippen LogP contribution in [0.25, 0.3) is 11.5 Å². The molecular weight excluding hydrogens is 626 g/mol. The average Bonchev–Trinajstić information content (AvgIpc) is 3.37. The van der Waals surface area contributed by atoms with Crippen LogP contribution in [0.3, 0.4) is 0 Å². The number of hydrogen-bond acceptors (Lipinski definition) is 9. The maximum Gasteiger partial charge on any atom is 0.408 e. The Hall–Kier alpha value is -3.26. The summed E-state index contributed by atoms with van der Waals surface area (Å²) in [5.74, 6) is 2.76. The summed E-state index contributed by atoms with van der Waals surface area (Å²) in [6, 6.07) is 3.78. The second-order valence-corrected chi connectivity index (χ2v) is 13.9. The number of nitrogen functional groups attached to an aromatic ring is 1. The summed E-state index contributed by atoms with van der Waals surface area (Å²) in [7, 11) is 0. The Kier molecular flexibility index (Phi) is 7.40. The Morgan fingerprint density at radius 1 is 1.19 bits per heavy atom. The predicted octanol–water partition coefficient (Wildman–Crippen LogP) is 4.94. The van der Waals surface area contributed by atoms with Crippen molar-refractivity contribution in [2.24, 2.45) is 5.92 Å². The second-order valence-electron chi connectivity index (χ2n) is 12.1. The van der Waals surface area contributed by atoms with Gasteiger partial charge < -0.3 is 29.8 Å². The number of likely N-dealkylation sites (tertiary alicyclic amines) is 1. The first kappa shape index (κ1) is 28.8. The van der Waals surface area contributed by atoms with Crippen molar-refractivity contribution in [2.45, 2.75) is 80.5 Å². The van der Waals surface area contributed by atoms with E-state index in [1.54, 1.807) is 6.33 Å². The molecule has 1 saturated heterocycles. The van der Waals surface area contributed by atoms with Gasteiger partial charge in [0.2, 0.25) is 12.7 Å². The van der Waals surface area contributed by atoms with Gasteiger partial charge in [-0.25, -0.2) is 19.7 Å². The van der Waals surface area contributed by atoms with Crippen LogP contribution in [-0.4, -0.2) is 77.4 Å². The monoisotopic (exact) mass is 659 g/mol. The number of aromatic nitrogens is 4. The van der Waals surface area contributed by atoms with E-state index in [9.17, 15) is 14.7 Å². The number of amides is 2. The molecule has 1 aromatic rings. The third-order valence-corrected chi connectivity index (χ3v) is 10.0. The van der Waals surface area contributed by atoms with Gasteiger partial charge in [0.05, 0.1) is 6.33 Å². The summed E-state index contributed by atoms with van der Waals surface area (Å²) in [5, 5.41) is 10.4. The van der Waals surface area contributed by atoms with E-state index >= 15 is 0 Å². The number of hydrogen-bond donors (Lipinski definition) is 2. The highest BCUT2D eigenvalue weighted by Gasteiger charge is 2.61. The lowest BCUT2D eigenvalue weighted by Gasteiger charge is -2.42. The minimum atomic E-state index is -1.04. The number of piperidine rings is 1. The zero-order valence-corrected chi connectivity index (χ0v) is 26.2. The van der Waals surface area contributed by atoms with E-state index in [1.807, 2.05) is 42.4 Å². The minimum absolute atomic E-state index is 0.0525. The third kappa shape index (κ3) is 5.34. The first-order valence-electron chi connectivity index (χ1n) is 14.0. The predicted molar refractivity (Wildman–Crippen MR) is 159 cm³/mol. The second kappa shape index (κ2) is 10.8. The van der Waals surface area contributed by atoms with Crippen LogP contribution in [0.15, 0.2) is 33.0 Å². The van der Waals surface area contributed by atoms with Crippen molar-refractivity contribution in [1.82, 2.24) is 29.3 Å². The molecule has 2 fully saturated rings. The summed E-state index contributed by atoms with van der Waals surface area (Å²) in [6.07, 6.45) is 4.46. The van der Waals surface area contributed by atoms with Gasteiger partial charge in [0, 0.05) is 34.5 Å². The maximum atomic E-state index is 13.5. The smallest absolute Gasteiger partial charge is 0.408 e. The molecule has 1 aromatic carbocycles. The standard InChI is InChI=1S/C28H34BrN7O5S/c1-27(2,3)36(26(38)39)28(7-8-28)24(37)34-9-4-16(5-10-34)6-11-35-14-31-22(30)21-23(35)33-25(32-21)42-20-13-19-18(12-17(20)29)40-15-41-19/h12-14,16H,4-11,15,30H2,1-3H3,(H,38,39). The van der Waals surface area contributed by atoms with Gasteiger partial charge in [-0.1, -0.05) is 0 Å². The molecule has 3 N–H and O–H groups in total. The van der Waals surface area contributed by atoms with E-state index in [2.05, 4.69) is 25.9 Å². The van der Waals surface area contributed by atoms with Crippen LogP contribution in [0.2, 0.25) is 0 Å². The first-order chi connectivity index (χ1) is 20.0. The highest BCUT2D eigenvalue weighted by atomic mass is 79.9. The molecule has 4 aliphatic heterocycles. The number of nitrogens with two attached hydrogens (primary N) is 1. The van der Waals surface area contributed by atoms with Gasteiger partial charge in [-0.2, -0.15) is 0 Å². The molecule has 0 aromatic heterocycles. The fraction of sp³-hybridized carbons (Fsp3) is 0.536. The molecule has 4 heterocycles.